The minimum atomic E-state index is -0.918. The monoisotopic (exact) mass is 673 g/mol. The van der Waals surface area contributed by atoms with Crippen LogP contribution in [0.1, 0.15) is 111 Å². The van der Waals surface area contributed by atoms with Crippen molar-refractivity contribution in [2.75, 3.05) is 34.7 Å². The molecule has 0 aliphatic rings. The molecule has 11 heteroatoms. The maximum atomic E-state index is 13.6. The van der Waals surface area contributed by atoms with Gasteiger partial charge in [-0.15, -0.1) is 4.99 Å². The van der Waals surface area contributed by atoms with Crippen molar-refractivity contribution in [3.8, 4) is 0 Å². The SMILES string of the molecule is CCCCCc1ccc(CC[C@@H](C(=O)C[C@@H](CCCCN(C(=O)OC(C)(C)C)C(N)=NC(=O)OC(C)(C)C)C(=O)N(C)C)N(C)C)cc1. The van der Waals surface area contributed by atoms with Crippen molar-refractivity contribution >= 4 is 29.8 Å². The molecule has 0 saturated carbocycles. The zero-order chi connectivity index (χ0) is 36.7. The van der Waals surface area contributed by atoms with Gasteiger partial charge >= 0.3 is 12.2 Å². The number of guanidine groups is 1. The lowest BCUT2D eigenvalue weighted by Crippen LogP contribution is -2.45. The minimum Gasteiger partial charge on any atom is -0.443 e. The van der Waals surface area contributed by atoms with Gasteiger partial charge in [-0.25, -0.2) is 14.5 Å². The highest BCUT2D eigenvalue weighted by Gasteiger charge is 2.30. The number of hydrogen-bond acceptors (Lipinski definition) is 7. The molecule has 2 atom stereocenters. The first-order valence-electron chi connectivity index (χ1n) is 17.3. The smallest absolute Gasteiger partial charge is 0.437 e. The first-order valence-corrected chi connectivity index (χ1v) is 17.3. The van der Waals surface area contributed by atoms with E-state index >= 15 is 0 Å². The van der Waals surface area contributed by atoms with Crippen LogP contribution in [0.2, 0.25) is 0 Å². The van der Waals surface area contributed by atoms with Crippen LogP contribution in [0.25, 0.3) is 0 Å². The molecule has 0 radical (unpaired) electrons. The molecular weight excluding hydrogens is 610 g/mol. The third-order valence-corrected chi connectivity index (χ3v) is 7.71. The molecule has 0 aliphatic carbocycles. The first kappa shape index (κ1) is 42.6. The van der Waals surface area contributed by atoms with Crippen molar-refractivity contribution < 1.29 is 28.7 Å². The zero-order valence-corrected chi connectivity index (χ0v) is 31.6. The van der Waals surface area contributed by atoms with E-state index in [1.807, 2.05) is 19.0 Å². The molecule has 272 valence electrons. The number of aryl methyl sites for hydroxylation is 2. The molecule has 48 heavy (non-hydrogen) atoms. The summed E-state index contributed by atoms with van der Waals surface area (Å²) in [5.74, 6) is -0.940. The highest BCUT2D eigenvalue weighted by atomic mass is 16.6. The van der Waals surface area contributed by atoms with E-state index in [1.54, 1.807) is 55.6 Å². The molecule has 0 bridgehead atoms. The van der Waals surface area contributed by atoms with E-state index in [4.69, 9.17) is 15.2 Å². The van der Waals surface area contributed by atoms with Crippen LogP contribution in [-0.2, 0) is 31.9 Å². The second-order valence-corrected chi connectivity index (χ2v) is 15.0. The number of ether oxygens (including phenoxy) is 2. The number of ketones is 1. The topological polar surface area (TPSA) is 135 Å². The van der Waals surface area contributed by atoms with Gasteiger partial charge in [0.1, 0.15) is 11.2 Å². The van der Waals surface area contributed by atoms with E-state index in [2.05, 4.69) is 36.2 Å². The summed E-state index contributed by atoms with van der Waals surface area (Å²) in [6, 6.07) is 8.36. The van der Waals surface area contributed by atoms with Crippen LogP contribution < -0.4 is 5.73 Å². The van der Waals surface area contributed by atoms with Gasteiger partial charge < -0.3 is 20.1 Å². The normalized spacial score (nSPS) is 13.5. The molecule has 1 aromatic carbocycles. The Morgan fingerprint density at radius 2 is 1.35 bits per heavy atom. The van der Waals surface area contributed by atoms with E-state index in [-0.39, 0.29) is 36.7 Å². The van der Waals surface area contributed by atoms with E-state index < -0.39 is 29.3 Å². The second kappa shape index (κ2) is 20.1. The van der Waals surface area contributed by atoms with Crippen molar-refractivity contribution in [2.45, 2.75) is 130 Å². The maximum absolute atomic E-state index is 13.6. The van der Waals surface area contributed by atoms with Crippen LogP contribution in [0.4, 0.5) is 9.59 Å². The van der Waals surface area contributed by atoms with Gasteiger partial charge in [-0.3, -0.25) is 14.5 Å². The molecule has 0 fully saturated rings. The van der Waals surface area contributed by atoms with Gasteiger partial charge in [0.2, 0.25) is 11.9 Å². The number of likely N-dealkylation sites (N-methyl/N-ethyl adjacent to an activating group) is 1. The Labute approximate surface area is 289 Å². The van der Waals surface area contributed by atoms with Gasteiger partial charge in [-0.05, 0) is 105 Å². The molecule has 1 aromatic rings. The number of nitrogens with zero attached hydrogens (tertiary/aromatic N) is 4. The number of carbonyl (C=O) groups is 4. The molecule has 1 rings (SSSR count). The first-order chi connectivity index (χ1) is 22.2. The van der Waals surface area contributed by atoms with E-state index in [1.165, 1.54) is 35.3 Å². The average Bonchev–Trinajstić information content (AvgIpc) is 2.94. The predicted molar refractivity (Wildman–Crippen MR) is 192 cm³/mol. The van der Waals surface area contributed by atoms with Crippen LogP contribution in [-0.4, -0.2) is 96.5 Å². The van der Waals surface area contributed by atoms with Crippen molar-refractivity contribution in [2.24, 2.45) is 16.6 Å². The Kier molecular flexibility index (Phi) is 17.9. The number of amides is 3. The van der Waals surface area contributed by atoms with Gasteiger partial charge in [0.25, 0.3) is 0 Å². The largest absolute Gasteiger partial charge is 0.443 e. The van der Waals surface area contributed by atoms with E-state index in [0.29, 0.717) is 25.7 Å². The van der Waals surface area contributed by atoms with E-state index in [0.717, 1.165) is 17.7 Å². The Bertz CT molecular complexity index is 1200. The molecule has 0 heterocycles. The molecule has 2 N–H and O–H groups in total. The molecule has 0 saturated heterocycles. The number of Topliss-reactive ketones (excluding diaryl/α,β-unsaturated/α-hetero) is 1. The fraction of sp³-hybridized carbons (Fsp3) is 0.703. The van der Waals surface area contributed by atoms with Crippen molar-refractivity contribution in [3.05, 3.63) is 35.4 Å². The molecule has 0 aromatic heterocycles. The number of unbranched alkanes of at least 4 members (excludes halogenated alkanes) is 3. The molecule has 0 spiro atoms. The third kappa shape index (κ3) is 17.1. The third-order valence-electron chi connectivity index (χ3n) is 7.71. The minimum absolute atomic E-state index is 0.0282. The summed E-state index contributed by atoms with van der Waals surface area (Å²) in [5, 5.41) is 0. The van der Waals surface area contributed by atoms with Gasteiger partial charge in [0, 0.05) is 33.0 Å². The summed E-state index contributed by atoms with van der Waals surface area (Å²) in [6.45, 7) is 12.6. The Hall–Kier alpha value is -3.47. The van der Waals surface area contributed by atoms with Crippen molar-refractivity contribution in [3.63, 3.8) is 0 Å². The lowest BCUT2D eigenvalue weighted by atomic mass is 9.90. The van der Waals surface area contributed by atoms with Gasteiger partial charge in [0.05, 0.1) is 6.04 Å². The highest BCUT2D eigenvalue weighted by molar-refractivity contribution is 5.98. The summed E-state index contributed by atoms with van der Waals surface area (Å²) in [7, 11) is 7.17. The fourth-order valence-electron chi connectivity index (χ4n) is 5.23. The van der Waals surface area contributed by atoms with Gasteiger partial charge in [0.15, 0.2) is 5.78 Å². The number of hydrogen-bond donors (Lipinski definition) is 1. The van der Waals surface area contributed by atoms with Crippen LogP contribution in [0, 0.1) is 5.92 Å². The van der Waals surface area contributed by atoms with Crippen LogP contribution in [0.5, 0.6) is 0 Å². The van der Waals surface area contributed by atoms with Crippen molar-refractivity contribution in [1.82, 2.24) is 14.7 Å². The molecular formula is C37H63N5O6. The van der Waals surface area contributed by atoms with Crippen molar-refractivity contribution in [1.29, 1.82) is 0 Å². The Balaban J connectivity index is 2.95. The zero-order valence-electron chi connectivity index (χ0n) is 31.6. The maximum Gasteiger partial charge on any atom is 0.437 e. The molecule has 0 unspecified atom stereocenters. The number of benzene rings is 1. The number of rotatable bonds is 17. The quantitative estimate of drug-likeness (QED) is 0.111. The number of carbonyl (C=O) groups excluding carboxylic acids is 4. The number of aliphatic imine (C=N–C) groups is 1. The second-order valence-electron chi connectivity index (χ2n) is 15.0. The fourth-order valence-corrected chi connectivity index (χ4v) is 5.23. The summed E-state index contributed by atoms with van der Waals surface area (Å²) >= 11 is 0. The number of nitrogens with two attached hydrogens (primary N) is 1. The van der Waals surface area contributed by atoms with Crippen LogP contribution in [0.15, 0.2) is 29.3 Å². The Morgan fingerprint density at radius 1 is 0.792 bits per heavy atom. The lowest BCUT2D eigenvalue weighted by molar-refractivity contribution is -0.137. The van der Waals surface area contributed by atoms with Gasteiger partial charge in [-0.1, -0.05) is 50.5 Å². The van der Waals surface area contributed by atoms with Crippen LogP contribution in [0.3, 0.4) is 0 Å². The summed E-state index contributed by atoms with van der Waals surface area (Å²) in [6.07, 6.45) is 5.98. The molecule has 3 amide bonds. The lowest BCUT2D eigenvalue weighted by Gasteiger charge is -2.27. The molecule has 11 nitrogen and oxygen atoms in total. The van der Waals surface area contributed by atoms with E-state index in [9.17, 15) is 19.2 Å². The predicted octanol–water partition coefficient (Wildman–Crippen LogP) is 6.60. The average molecular weight is 674 g/mol. The highest BCUT2D eigenvalue weighted by Crippen LogP contribution is 2.21. The summed E-state index contributed by atoms with van der Waals surface area (Å²) < 4.78 is 10.7. The Morgan fingerprint density at radius 3 is 1.85 bits per heavy atom. The summed E-state index contributed by atoms with van der Waals surface area (Å²) in [5.41, 5.74) is 7.03. The molecule has 0 aliphatic heterocycles. The standard InChI is InChI=1S/C37H63N5O6/c1-12-13-14-17-27-19-21-28(22-20-27)23-24-30(40(8)9)31(43)26-29(32(44)41(10)11)18-15-16-25-42(35(46)48-37(5,6)7)33(38)39-34(45)47-36(2,3)4/h19-22,29-30H,12-18,23-26H2,1-11H3,(H2,38,39,45)/t29-,30+/m1/s1. The van der Waals surface area contributed by atoms with Crippen LogP contribution >= 0.6 is 0 Å². The summed E-state index contributed by atoms with van der Waals surface area (Å²) in [4.78, 5) is 60.4. The van der Waals surface area contributed by atoms with Gasteiger partial charge in [-0.2, -0.15) is 0 Å².